The van der Waals surface area contributed by atoms with Gasteiger partial charge in [0.15, 0.2) is 5.79 Å². The molecular weight excluding hydrogens is 352 g/mol. The standard InChI is InChI=1S/C20H28O7/c1-6-10(2)17(22)26-14-8-19(5)15(21)9-20(24,27-19)11(3)7-13-16(14)12(4)18(23)25-13/h7,10,13-16,21,24H,4,6,8-9H2,1-3,5H3. The molecule has 0 amide bonds. The third-order valence-electron chi connectivity index (χ3n) is 6.16. The molecule has 2 fully saturated rings. The number of hydrogen-bond acceptors (Lipinski definition) is 7. The lowest BCUT2D eigenvalue weighted by Gasteiger charge is -2.34. The predicted molar refractivity (Wildman–Crippen MR) is 95.3 cm³/mol. The topological polar surface area (TPSA) is 102 Å². The van der Waals surface area contributed by atoms with Crippen molar-refractivity contribution in [2.75, 3.05) is 0 Å². The highest BCUT2D eigenvalue weighted by Crippen LogP contribution is 2.48. The van der Waals surface area contributed by atoms with Gasteiger partial charge in [-0.1, -0.05) is 20.4 Å². The molecule has 7 heteroatoms. The zero-order chi connectivity index (χ0) is 20.1. The zero-order valence-corrected chi connectivity index (χ0v) is 16.2. The number of aliphatic hydroxyl groups excluding tert-OH is 1. The minimum absolute atomic E-state index is 0.00978. The van der Waals surface area contributed by atoms with Gasteiger partial charge in [-0.05, 0) is 31.9 Å². The van der Waals surface area contributed by atoms with Crippen molar-refractivity contribution in [3.8, 4) is 0 Å². The van der Waals surface area contributed by atoms with Gasteiger partial charge in [-0.2, -0.15) is 0 Å². The zero-order valence-electron chi connectivity index (χ0n) is 16.2. The van der Waals surface area contributed by atoms with Crippen LogP contribution in [0.15, 0.2) is 23.8 Å². The molecule has 0 aromatic rings. The van der Waals surface area contributed by atoms with Crippen LogP contribution in [0.1, 0.15) is 47.0 Å². The number of aliphatic hydroxyl groups is 2. The molecule has 7 atom stereocenters. The Balaban J connectivity index is 2.04. The molecule has 7 nitrogen and oxygen atoms in total. The smallest absolute Gasteiger partial charge is 0.334 e. The molecule has 3 aliphatic rings. The molecule has 3 rings (SSSR count). The Labute approximate surface area is 159 Å². The Kier molecular flexibility index (Phi) is 4.99. The summed E-state index contributed by atoms with van der Waals surface area (Å²) in [5, 5.41) is 21.5. The summed E-state index contributed by atoms with van der Waals surface area (Å²) in [5.74, 6) is -3.51. The number of carbonyl (C=O) groups excluding carboxylic acids is 2. The van der Waals surface area contributed by atoms with Gasteiger partial charge in [0, 0.05) is 18.4 Å². The van der Waals surface area contributed by atoms with E-state index >= 15 is 0 Å². The van der Waals surface area contributed by atoms with Gasteiger partial charge in [0.2, 0.25) is 0 Å². The van der Waals surface area contributed by atoms with Crippen LogP contribution in [-0.2, 0) is 23.8 Å². The molecule has 0 saturated carbocycles. The van der Waals surface area contributed by atoms with E-state index in [-0.39, 0.29) is 30.3 Å². The minimum Gasteiger partial charge on any atom is -0.461 e. The lowest BCUT2D eigenvalue weighted by atomic mass is 9.80. The summed E-state index contributed by atoms with van der Waals surface area (Å²) in [7, 11) is 0. The predicted octanol–water partition coefficient (Wildman–Crippen LogP) is 1.62. The molecule has 3 heterocycles. The molecule has 27 heavy (non-hydrogen) atoms. The Morgan fingerprint density at radius 1 is 1.48 bits per heavy atom. The maximum absolute atomic E-state index is 12.5. The second kappa shape index (κ2) is 6.72. The van der Waals surface area contributed by atoms with Gasteiger partial charge in [-0.15, -0.1) is 0 Å². The second-order valence-corrected chi connectivity index (χ2v) is 8.18. The maximum Gasteiger partial charge on any atom is 0.334 e. The second-order valence-electron chi connectivity index (χ2n) is 8.18. The first-order valence-corrected chi connectivity index (χ1v) is 9.40. The Bertz CT molecular complexity index is 698. The minimum atomic E-state index is -1.66. The first kappa shape index (κ1) is 20.0. The number of rotatable bonds is 3. The van der Waals surface area contributed by atoms with Crippen molar-refractivity contribution in [1.82, 2.24) is 0 Å². The van der Waals surface area contributed by atoms with E-state index in [2.05, 4.69) is 6.58 Å². The van der Waals surface area contributed by atoms with E-state index in [9.17, 15) is 19.8 Å². The lowest BCUT2D eigenvalue weighted by Crippen LogP contribution is -2.45. The fourth-order valence-electron chi connectivity index (χ4n) is 4.02. The van der Waals surface area contributed by atoms with Crippen LogP contribution < -0.4 is 0 Å². The lowest BCUT2D eigenvalue weighted by molar-refractivity contribution is -0.209. The van der Waals surface area contributed by atoms with Crippen LogP contribution in [0.4, 0.5) is 0 Å². The molecule has 7 unspecified atom stereocenters. The van der Waals surface area contributed by atoms with E-state index in [4.69, 9.17) is 14.2 Å². The summed E-state index contributed by atoms with van der Waals surface area (Å²) >= 11 is 0. The van der Waals surface area contributed by atoms with Crippen molar-refractivity contribution < 1.29 is 34.0 Å². The van der Waals surface area contributed by atoms with Gasteiger partial charge in [0.05, 0.1) is 23.5 Å². The van der Waals surface area contributed by atoms with E-state index in [1.54, 1.807) is 26.8 Å². The number of fused-ring (bicyclic) bond motifs is 3. The first-order chi connectivity index (χ1) is 12.5. The number of carbonyl (C=O) groups is 2. The first-order valence-electron chi connectivity index (χ1n) is 9.40. The Morgan fingerprint density at radius 2 is 2.15 bits per heavy atom. The highest BCUT2D eigenvalue weighted by atomic mass is 16.7. The van der Waals surface area contributed by atoms with Crippen molar-refractivity contribution in [3.63, 3.8) is 0 Å². The van der Waals surface area contributed by atoms with Crippen molar-refractivity contribution in [2.24, 2.45) is 11.8 Å². The van der Waals surface area contributed by atoms with Crippen LogP contribution in [0, 0.1) is 11.8 Å². The average Bonchev–Trinajstić information content (AvgIpc) is 2.99. The maximum atomic E-state index is 12.5. The van der Waals surface area contributed by atoms with Crippen molar-refractivity contribution in [1.29, 1.82) is 0 Å². The summed E-state index contributed by atoms with van der Waals surface area (Å²) in [5.41, 5.74) is -0.490. The molecule has 0 aromatic heterocycles. The van der Waals surface area contributed by atoms with Gasteiger partial charge in [-0.25, -0.2) is 4.79 Å². The van der Waals surface area contributed by atoms with Crippen molar-refractivity contribution in [3.05, 3.63) is 23.8 Å². The van der Waals surface area contributed by atoms with Crippen LogP contribution in [0.25, 0.3) is 0 Å². The van der Waals surface area contributed by atoms with Gasteiger partial charge < -0.3 is 24.4 Å². The summed E-state index contributed by atoms with van der Waals surface area (Å²) in [6, 6.07) is 0. The molecule has 0 aromatic carbocycles. The third kappa shape index (κ3) is 3.32. The molecular formula is C20H28O7. The van der Waals surface area contributed by atoms with E-state index in [0.717, 1.165) is 0 Å². The van der Waals surface area contributed by atoms with Crippen LogP contribution in [-0.4, -0.2) is 51.9 Å². The van der Waals surface area contributed by atoms with Gasteiger partial charge >= 0.3 is 11.9 Å². The Morgan fingerprint density at radius 3 is 2.78 bits per heavy atom. The SMILES string of the molecule is C=C1C(=O)OC2C=C(C)C3(O)CC(O)C(C)(CC(OC(=O)C(C)CC)C12)O3. The number of esters is 2. The third-order valence-corrected chi connectivity index (χ3v) is 6.16. The quantitative estimate of drug-likeness (QED) is 0.436. The summed E-state index contributed by atoms with van der Waals surface area (Å²) < 4.78 is 17.1. The van der Waals surface area contributed by atoms with Gasteiger partial charge in [0.1, 0.15) is 12.2 Å². The molecule has 0 radical (unpaired) electrons. The normalized spacial score (nSPS) is 42.4. The number of ether oxygens (including phenoxy) is 3. The molecule has 2 saturated heterocycles. The largest absolute Gasteiger partial charge is 0.461 e. The van der Waals surface area contributed by atoms with E-state index < -0.39 is 41.6 Å². The summed E-state index contributed by atoms with van der Waals surface area (Å²) in [6.45, 7) is 10.8. The van der Waals surface area contributed by atoms with E-state index in [0.29, 0.717) is 12.0 Å². The van der Waals surface area contributed by atoms with Crippen LogP contribution in [0.2, 0.25) is 0 Å². The van der Waals surface area contributed by atoms with Crippen molar-refractivity contribution >= 4 is 11.9 Å². The van der Waals surface area contributed by atoms with Crippen molar-refractivity contribution in [2.45, 2.75) is 76.7 Å². The number of hydrogen-bond donors (Lipinski definition) is 2. The molecule has 150 valence electrons. The highest BCUT2D eigenvalue weighted by molar-refractivity contribution is 5.91. The van der Waals surface area contributed by atoms with Crippen LogP contribution >= 0.6 is 0 Å². The fraction of sp³-hybridized carbons (Fsp3) is 0.700. The highest BCUT2D eigenvalue weighted by Gasteiger charge is 2.58. The average molecular weight is 380 g/mol. The molecule has 0 spiro atoms. The monoisotopic (exact) mass is 380 g/mol. The fourth-order valence-corrected chi connectivity index (χ4v) is 4.02. The van der Waals surface area contributed by atoms with Crippen LogP contribution in [0.3, 0.4) is 0 Å². The van der Waals surface area contributed by atoms with E-state index in [1.165, 1.54) is 0 Å². The van der Waals surface area contributed by atoms with E-state index in [1.807, 2.05) is 6.92 Å². The van der Waals surface area contributed by atoms with Gasteiger partial charge in [-0.3, -0.25) is 4.79 Å². The molecule has 2 bridgehead atoms. The van der Waals surface area contributed by atoms with Crippen LogP contribution in [0.5, 0.6) is 0 Å². The van der Waals surface area contributed by atoms with Gasteiger partial charge in [0.25, 0.3) is 0 Å². The summed E-state index contributed by atoms with van der Waals surface area (Å²) in [4.78, 5) is 24.6. The molecule has 3 aliphatic heterocycles. The summed E-state index contributed by atoms with van der Waals surface area (Å²) in [6.07, 6.45) is -0.133. The Hall–Kier alpha value is -1.70. The molecule has 2 N–H and O–H groups in total. The molecule has 0 aliphatic carbocycles.